The first-order valence-corrected chi connectivity index (χ1v) is 12.6. The molecule has 34 heavy (non-hydrogen) atoms. The minimum absolute atomic E-state index is 0.263. The highest BCUT2D eigenvalue weighted by atomic mass is 32.2. The SMILES string of the molecule is FC1=C(c2cc(-c3nc(SC4CCNCC4)c4c(C5CC5)cncc4n3)ccn2)C=CC(F)[CH]1. The zero-order valence-corrected chi connectivity index (χ0v) is 19.4. The second-order valence-electron chi connectivity index (χ2n) is 8.98. The van der Waals surface area contributed by atoms with E-state index in [0.717, 1.165) is 53.8 Å². The van der Waals surface area contributed by atoms with Crippen LogP contribution in [0.25, 0.3) is 27.9 Å². The minimum Gasteiger partial charge on any atom is -0.317 e. The molecule has 0 bridgehead atoms. The molecule has 6 rings (SSSR count). The molecule has 4 heterocycles. The number of aromatic nitrogens is 4. The molecule has 0 aromatic carbocycles. The molecule has 0 amide bonds. The molecule has 173 valence electrons. The Morgan fingerprint density at radius 2 is 1.91 bits per heavy atom. The van der Waals surface area contributed by atoms with Gasteiger partial charge in [0.1, 0.15) is 17.0 Å². The predicted octanol–water partition coefficient (Wildman–Crippen LogP) is 5.60. The summed E-state index contributed by atoms with van der Waals surface area (Å²) in [5.41, 5.74) is 3.51. The van der Waals surface area contributed by atoms with E-state index in [-0.39, 0.29) is 5.57 Å². The topological polar surface area (TPSA) is 63.6 Å². The number of piperidine rings is 1. The maximum absolute atomic E-state index is 14.4. The number of pyridine rings is 2. The molecular weight excluding hydrogens is 452 g/mol. The van der Waals surface area contributed by atoms with E-state index in [4.69, 9.17) is 9.97 Å². The van der Waals surface area contributed by atoms with E-state index < -0.39 is 12.0 Å². The minimum atomic E-state index is -1.42. The number of alkyl halides is 1. The fraction of sp³-hybridized carbons (Fsp3) is 0.346. The predicted molar refractivity (Wildman–Crippen MR) is 131 cm³/mol. The third-order valence-electron chi connectivity index (χ3n) is 6.49. The van der Waals surface area contributed by atoms with Gasteiger partial charge in [0, 0.05) is 34.2 Å². The summed E-state index contributed by atoms with van der Waals surface area (Å²) in [5.74, 6) is 0.490. The Balaban J connectivity index is 1.44. The molecule has 1 aliphatic heterocycles. The van der Waals surface area contributed by atoms with Crippen molar-refractivity contribution >= 4 is 28.2 Å². The van der Waals surface area contributed by atoms with Crippen LogP contribution < -0.4 is 5.32 Å². The van der Waals surface area contributed by atoms with Crippen LogP contribution in [0.15, 0.2) is 53.7 Å². The normalized spacial score (nSPS) is 21.4. The standard InChI is InChI=1S/C26H24F2N5S/c27-17-3-4-19(21(28)12-17)22-11-16(5-10-31-22)25-32-23-14-30-13-20(15-1-2-15)24(23)26(33-25)34-18-6-8-29-9-7-18/h3-5,10-15,17-18,29H,1-2,6-9H2. The molecule has 1 saturated heterocycles. The number of hydrogen-bond donors (Lipinski definition) is 1. The van der Waals surface area contributed by atoms with Crippen molar-refractivity contribution in [3.63, 3.8) is 0 Å². The molecule has 5 nitrogen and oxygen atoms in total. The lowest BCUT2D eigenvalue weighted by Gasteiger charge is -2.22. The Kier molecular flexibility index (Phi) is 5.87. The average Bonchev–Trinajstić information content (AvgIpc) is 3.70. The van der Waals surface area contributed by atoms with Crippen LogP contribution in [0, 0.1) is 6.42 Å². The van der Waals surface area contributed by atoms with Gasteiger partial charge in [-0.2, -0.15) is 0 Å². The van der Waals surface area contributed by atoms with Gasteiger partial charge < -0.3 is 5.32 Å². The summed E-state index contributed by atoms with van der Waals surface area (Å²) < 4.78 is 27.9. The van der Waals surface area contributed by atoms with Crippen molar-refractivity contribution in [1.82, 2.24) is 25.3 Å². The van der Waals surface area contributed by atoms with Gasteiger partial charge in [-0.25, -0.2) is 18.7 Å². The van der Waals surface area contributed by atoms with E-state index in [1.54, 1.807) is 12.3 Å². The van der Waals surface area contributed by atoms with Crippen LogP contribution in [0.1, 0.15) is 42.9 Å². The average molecular weight is 477 g/mol. The Hall–Kier alpha value is -2.71. The van der Waals surface area contributed by atoms with Crippen LogP contribution in [-0.2, 0) is 0 Å². The van der Waals surface area contributed by atoms with Crippen molar-refractivity contribution in [2.75, 3.05) is 13.1 Å². The molecule has 1 unspecified atom stereocenters. The molecule has 0 spiro atoms. The molecule has 1 saturated carbocycles. The van der Waals surface area contributed by atoms with Crippen molar-refractivity contribution in [3.8, 4) is 11.4 Å². The van der Waals surface area contributed by atoms with Gasteiger partial charge in [-0.05, 0) is 68.5 Å². The van der Waals surface area contributed by atoms with Crippen LogP contribution in [0.2, 0.25) is 0 Å². The first-order valence-electron chi connectivity index (χ1n) is 11.7. The molecule has 8 heteroatoms. The third kappa shape index (κ3) is 4.36. The Morgan fingerprint density at radius 3 is 2.71 bits per heavy atom. The maximum Gasteiger partial charge on any atom is 0.161 e. The fourth-order valence-corrected chi connectivity index (χ4v) is 5.81. The number of allylic oxidation sites excluding steroid dienone is 4. The Bertz CT molecular complexity index is 1300. The molecule has 3 aromatic heterocycles. The third-order valence-corrected chi connectivity index (χ3v) is 7.81. The molecule has 2 fully saturated rings. The lowest BCUT2D eigenvalue weighted by atomic mass is 10.0. The van der Waals surface area contributed by atoms with Crippen LogP contribution in [-0.4, -0.2) is 44.4 Å². The van der Waals surface area contributed by atoms with E-state index in [1.165, 1.54) is 30.6 Å². The molecule has 1 N–H and O–H groups in total. The summed E-state index contributed by atoms with van der Waals surface area (Å²) in [6, 6.07) is 3.60. The van der Waals surface area contributed by atoms with Crippen molar-refractivity contribution in [1.29, 1.82) is 0 Å². The highest BCUT2D eigenvalue weighted by Gasteiger charge is 2.29. The molecule has 1 atom stereocenters. The summed E-state index contributed by atoms with van der Waals surface area (Å²) in [6.07, 6.45) is 12.2. The van der Waals surface area contributed by atoms with Gasteiger partial charge in [-0.15, -0.1) is 11.8 Å². The van der Waals surface area contributed by atoms with E-state index in [0.29, 0.717) is 22.7 Å². The lowest BCUT2D eigenvalue weighted by Crippen LogP contribution is -2.29. The van der Waals surface area contributed by atoms with E-state index in [9.17, 15) is 8.78 Å². The summed E-state index contributed by atoms with van der Waals surface area (Å²) in [5, 5.41) is 6.03. The molecule has 3 aromatic rings. The Labute approximate surface area is 201 Å². The second-order valence-corrected chi connectivity index (χ2v) is 10.3. The number of rotatable bonds is 5. The van der Waals surface area contributed by atoms with Gasteiger partial charge in [0.25, 0.3) is 0 Å². The highest BCUT2D eigenvalue weighted by Crippen LogP contribution is 2.45. The second kappa shape index (κ2) is 9.15. The molecule has 3 aliphatic rings. The first kappa shape index (κ1) is 21.8. The first-order chi connectivity index (χ1) is 16.7. The van der Waals surface area contributed by atoms with Gasteiger partial charge >= 0.3 is 0 Å². The van der Waals surface area contributed by atoms with Crippen molar-refractivity contribution in [2.45, 2.75) is 48.0 Å². The monoisotopic (exact) mass is 476 g/mol. The Morgan fingerprint density at radius 1 is 1.06 bits per heavy atom. The van der Waals surface area contributed by atoms with Crippen molar-refractivity contribution < 1.29 is 8.78 Å². The molecule has 1 radical (unpaired) electrons. The van der Waals surface area contributed by atoms with Gasteiger partial charge in [-0.1, -0.05) is 6.08 Å². The smallest absolute Gasteiger partial charge is 0.161 e. The van der Waals surface area contributed by atoms with E-state index in [2.05, 4.69) is 15.3 Å². The number of fused-ring (bicyclic) bond motifs is 1. The summed E-state index contributed by atoms with van der Waals surface area (Å²) in [7, 11) is 0. The van der Waals surface area contributed by atoms with Gasteiger partial charge in [0.15, 0.2) is 5.82 Å². The van der Waals surface area contributed by atoms with Crippen LogP contribution in [0.5, 0.6) is 0 Å². The number of hydrogen-bond acceptors (Lipinski definition) is 6. The molecular formula is C26H24F2N5S. The largest absolute Gasteiger partial charge is 0.317 e. The molecule has 2 aliphatic carbocycles. The fourth-order valence-electron chi connectivity index (χ4n) is 4.54. The zero-order chi connectivity index (χ0) is 23.1. The van der Waals surface area contributed by atoms with Crippen LogP contribution >= 0.6 is 11.8 Å². The number of halogens is 2. The summed E-state index contributed by atoms with van der Waals surface area (Å²) in [6.45, 7) is 2.03. The quantitative estimate of drug-likeness (QED) is 0.484. The van der Waals surface area contributed by atoms with Gasteiger partial charge in [0.2, 0.25) is 0 Å². The highest BCUT2D eigenvalue weighted by molar-refractivity contribution is 8.00. The van der Waals surface area contributed by atoms with E-state index in [1.807, 2.05) is 30.2 Å². The van der Waals surface area contributed by atoms with Crippen LogP contribution in [0.3, 0.4) is 0 Å². The number of nitrogens with one attached hydrogen (secondary N) is 1. The summed E-state index contributed by atoms with van der Waals surface area (Å²) in [4.78, 5) is 18.7. The van der Waals surface area contributed by atoms with E-state index >= 15 is 0 Å². The van der Waals surface area contributed by atoms with Crippen molar-refractivity contribution in [2.24, 2.45) is 0 Å². The van der Waals surface area contributed by atoms with Crippen molar-refractivity contribution in [3.05, 3.63) is 66.4 Å². The number of nitrogens with zero attached hydrogens (tertiary/aromatic N) is 4. The zero-order valence-electron chi connectivity index (χ0n) is 18.5. The number of thioether (sulfide) groups is 1. The lowest BCUT2D eigenvalue weighted by molar-refractivity contribution is 0.431. The van der Waals surface area contributed by atoms with Crippen LogP contribution in [0.4, 0.5) is 8.78 Å². The van der Waals surface area contributed by atoms with Gasteiger partial charge in [-0.3, -0.25) is 9.97 Å². The van der Waals surface area contributed by atoms with Gasteiger partial charge in [0.05, 0.1) is 23.8 Å². The summed E-state index contributed by atoms with van der Waals surface area (Å²) >= 11 is 1.83. The maximum atomic E-state index is 14.4.